The van der Waals surface area contributed by atoms with E-state index in [0.717, 1.165) is 16.7 Å². The van der Waals surface area contributed by atoms with Crippen LogP contribution in [-0.4, -0.2) is 11.8 Å². The highest BCUT2D eigenvalue weighted by Gasteiger charge is 2.35. The quantitative estimate of drug-likeness (QED) is 0.872. The summed E-state index contributed by atoms with van der Waals surface area (Å²) >= 11 is 0. The van der Waals surface area contributed by atoms with Crippen LogP contribution in [0.2, 0.25) is 0 Å². The van der Waals surface area contributed by atoms with Crippen LogP contribution in [0.1, 0.15) is 58.6 Å². The number of halogens is 2. The summed E-state index contributed by atoms with van der Waals surface area (Å²) in [6, 6.07) is 3.59. The van der Waals surface area contributed by atoms with Gasteiger partial charge < -0.3 is 5.73 Å². The van der Waals surface area contributed by atoms with Gasteiger partial charge in [-0.2, -0.15) is 0 Å². The molecule has 1 aliphatic rings. The summed E-state index contributed by atoms with van der Waals surface area (Å²) < 4.78 is 26.4. The fourth-order valence-electron chi connectivity index (χ4n) is 2.90. The summed E-state index contributed by atoms with van der Waals surface area (Å²) in [6.45, 7) is 3.79. The maximum absolute atomic E-state index is 13.2. The number of hydrogen-bond donors (Lipinski definition) is 1. The summed E-state index contributed by atoms with van der Waals surface area (Å²) in [5.74, 6) is -2.78. The molecule has 1 aromatic rings. The number of rotatable bonds is 2. The number of nitrogens with two attached hydrogens (primary N) is 1. The van der Waals surface area contributed by atoms with Crippen molar-refractivity contribution < 1.29 is 13.6 Å². The summed E-state index contributed by atoms with van der Waals surface area (Å²) in [7, 11) is 0. The maximum atomic E-state index is 13.2. The van der Waals surface area contributed by atoms with Gasteiger partial charge in [0.15, 0.2) is 0 Å². The van der Waals surface area contributed by atoms with Crippen molar-refractivity contribution in [2.45, 2.75) is 51.4 Å². The summed E-state index contributed by atoms with van der Waals surface area (Å²) in [6.07, 6.45) is 0.911. The van der Waals surface area contributed by atoms with Gasteiger partial charge in [0.2, 0.25) is 11.8 Å². The molecule has 2 N–H and O–H groups in total. The molecule has 4 heteroatoms. The Bertz CT molecular complexity index is 501. The van der Waals surface area contributed by atoms with Crippen LogP contribution in [0.25, 0.3) is 0 Å². The Morgan fingerprint density at radius 3 is 2.32 bits per heavy atom. The van der Waals surface area contributed by atoms with Gasteiger partial charge in [0.1, 0.15) is 0 Å². The Morgan fingerprint density at radius 1 is 1.21 bits per heavy atom. The van der Waals surface area contributed by atoms with Gasteiger partial charge in [-0.1, -0.05) is 6.07 Å². The topological polar surface area (TPSA) is 43.1 Å². The number of hydrogen-bond acceptors (Lipinski definition) is 1. The molecule has 0 bridgehead atoms. The Hall–Kier alpha value is -1.45. The van der Waals surface area contributed by atoms with Crippen LogP contribution in [0.15, 0.2) is 12.1 Å². The molecule has 2 rings (SSSR count). The third-order valence-corrected chi connectivity index (χ3v) is 4.25. The molecule has 1 aromatic carbocycles. The van der Waals surface area contributed by atoms with Crippen molar-refractivity contribution in [3.63, 3.8) is 0 Å². The number of carbonyl (C=O) groups is 1. The van der Waals surface area contributed by atoms with Crippen molar-refractivity contribution in [3.8, 4) is 0 Å². The fourth-order valence-corrected chi connectivity index (χ4v) is 2.90. The minimum atomic E-state index is -2.51. The van der Waals surface area contributed by atoms with Gasteiger partial charge >= 0.3 is 0 Å². The molecule has 0 radical (unpaired) electrons. The lowest BCUT2D eigenvalue weighted by molar-refractivity contribution is -0.0382. The van der Waals surface area contributed by atoms with Crippen LogP contribution in [0.5, 0.6) is 0 Å². The summed E-state index contributed by atoms with van der Waals surface area (Å²) in [5, 5.41) is 0. The zero-order valence-electron chi connectivity index (χ0n) is 11.3. The van der Waals surface area contributed by atoms with E-state index in [1.807, 2.05) is 19.9 Å². The van der Waals surface area contributed by atoms with Gasteiger partial charge in [0.25, 0.3) is 0 Å². The van der Waals surface area contributed by atoms with E-state index >= 15 is 0 Å². The monoisotopic (exact) mass is 267 g/mol. The number of carbonyl (C=O) groups excluding carboxylic acids is 1. The molecule has 19 heavy (non-hydrogen) atoms. The van der Waals surface area contributed by atoms with E-state index in [0.29, 0.717) is 18.4 Å². The van der Waals surface area contributed by atoms with E-state index in [2.05, 4.69) is 0 Å². The predicted octanol–water partition coefficient (Wildman–Crippen LogP) is 3.70. The average molecular weight is 267 g/mol. The van der Waals surface area contributed by atoms with Crippen molar-refractivity contribution in [3.05, 3.63) is 34.4 Å². The number of benzene rings is 1. The molecule has 0 aliphatic heterocycles. The zero-order valence-corrected chi connectivity index (χ0v) is 11.3. The molecule has 1 fully saturated rings. The first kappa shape index (κ1) is 14.0. The van der Waals surface area contributed by atoms with E-state index in [4.69, 9.17) is 5.73 Å². The molecule has 104 valence electrons. The Morgan fingerprint density at radius 2 is 1.79 bits per heavy atom. The van der Waals surface area contributed by atoms with E-state index in [-0.39, 0.29) is 18.8 Å². The van der Waals surface area contributed by atoms with Crippen LogP contribution >= 0.6 is 0 Å². The maximum Gasteiger partial charge on any atom is 0.248 e. The molecule has 2 nitrogen and oxygen atoms in total. The molecule has 0 spiro atoms. The molecule has 0 saturated heterocycles. The molecular weight excluding hydrogens is 248 g/mol. The van der Waals surface area contributed by atoms with E-state index < -0.39 is 11.8 Å². The third kappa shape index (κ3) is 2.77. The predicted molar refractivity (Wildman–Crippen MR) is 70.6 cm³/mol. The zero-order chi connectivity index (χ0) is 14.2. The number of primary amides is 1. The summed E-state index contributed by atoms with van der Waals surface area (Å²) in [5.41, 5.74) is 8.78. The van der Waals surface area contributed by atoms with Gasteiger partial charge in [0.05, 0.1) is 0 Å². The average Bonchev–Trinajstić information content (AvgIpc) is 2.33. The lowest BCUT2D eigenvalue weighted by Gasteiger charge is -2.30. The highest BCUT2D eigenvalue weighted by atomic mass is 19.3. The standard InChI is InChI=1S/C15H19F2NO/c1-9-10(2)13(14(18)19)4-3-12(9)11-5-7-15(16,17)8-6-11/h3-4,11H,5-8H2,1-2H3,(H2,18,19). The van der Waals surface area contributed by atoms with Crippen LogP contribution < -0.4 is 5.73 Å². The molecule has 1 saturated carbocycles. The van der Waals surface area contributed by atoms with Crippen molar-refractivity contribution in [1.29, 1.82) is 0 Å². The minimum Gasteiger partial charge on any atom is -0.366 e. The smallest absolute Gasteiger partial charge is 0.248 e. The molecule has 0 aromatic heterocycles. The first-order chi connectivity index (χ1) is 8.82. The van der Waals surface area contributed by atoms with Crippen LogP contribution in [-0.2, 0) is 0 Å². The molecule has 0 atom stereocenters. The normalized spacial score (nSPS) is 19.4. The first-order valence-electron chi connectivity index (χ1n) is 6.59. The van der Waals surface area contributed by atoms with Crippen molar-refractivity contribution in [1.82, 2.24) is 0 Å². The van der Waals surface area contributed by atoms with E-state index in [1.54, 1.807) is 6.07 Å². The fraction of sp³-hybridized carbons (Fsp3) is 0.533. The minimum absolute atomic E-state index is 0.0479. The van der Waals surface area contributed by atoms with E-state index in [1.165, 1.54) is 0 Å². The summed E-state index contributed by atoms with van der Waals surface area (Å²) in [4.78, 5) is 11.3. The lowest BCUT2D eigenvalue weighted by Crippen LogP contribution is -2.24. The second-order valence-corrected chi connectivity index (χ2v) is 5.45. The largest absolute Gasteiger partial charge is 0.366 e. The van der Waals surface area contributed by atoms with Crippen molar-refractivity contribution in [2.75, 3.05) is 0 Å². The highest BCUT2D eigenvalue weighted by molar-refractivity contribution is 5.94. The van der Waals surface area contributed by atoms with Crippen LogP contribution in [0, 0.1) is 13.8 Å². The molecular formula is C15H19F2NO. The number of amides is 1. The van der Waals surface area contributed by atoms with Crippen molar-refractivity contribution >= 4 is 5.91 Å². The Labute approximate surface area is 112 Å². The number of alkyl halides is 2. The molecule has 0 heterocycles. The highest BCUT2D eigenvalue weighted by Crippen LogP contribution is 2.42. The second-order valence-electron chi connectivity index (χ2n) is 5.45. The Kier molecular flexibility index (Phi) is 3.61. The second kappa shape index (κ2) is 4.91. The van der Waals surface area contributed by atoms with Gasteiger partial charge in [-0.3, -0.25) is 4.79 Å². The molecule has 0 unspecified atom stereocenters. The van der Waals surface area contributed by atoms with Gasteiger partial charge in [-0.15, -0.1) is 0 Å². The van der Waals surface area contributed by atoms with Crippen LogP contribution in [0.3, 0.4) is 0 Å². The lowest BCUT2D eigenvalue weighted by atomic mass is 9.79. The van der Waals surface area contributed by atoms with Gasteiger partial charge in [0, 0.05) is 18.4 Å². The van der Waals surface area contributed by atoms with Gasteiger partial charge in [-0.05, 0) is 55.4 Å². The third-order valence-electron chi connectivity index (χ3n) is 4.25. The Balaban J connectivity index is 2.27. The SMILES string of the molecule is Cc1c(C(N)=O)ccc(C2CCC(F)(F)CC2)c1C. The molecule has 1 amide bonds. The first-order valence-corrected chi connectivity index (χ1v) is 6.59. The van der Waals surface area contributed by atoms with Crippen LogP contribution in [0.4, 0.5) is 8.78 Å². The van der Waals surface area contributed by atoms with Gasteiger partial charge in [-0.25, -0.2) is 8.78 Å². The van der Waals surface area contributed by atoms with E-state index in [9.17, 15) is 13.6 Å². The van der Waals surface area contributed by atoms with Crippen molar-refractivity contribution in [2.24, 2.45) is 5.73 Å². The molecule has 1 aliphatic carbocycles.